The first kappa shape index (κ1) is 9.28. The molecule has 0 radical (unpaired) electrons. The van der Waals surface area contributed by atoms with Crippen molar-refractivity contribution in [3.63, 3.8) is 0 Å². The number of aliphatic hydroxyl groups is 1. The maximum Gasteiger partial charge on any atom is 0.137 e. The molecule has 14 heavy (non-hydrogen) atoms. The van der Waals surface area contributed by atoms with Crippen LogP contribution in [0.15, 0.2) is 22.6 Å². The number of aliphatic hydroxyl groups excluding tert-OH is 1. The van der Waals surface area contributed by atoms with Gasteiger partial charge in [0.1, 0.15) is 17.4 Å². The van der Waals surface area contributed by atoms with E-state index in [0.717, 1.165) is 16.5 Å². The van der Waals surface area contributed by atoms with Gasteiger partial charge in [-0.15, -0.1) is 0 Å². The topological polar surface area (TPSA) is 33.4 Å². The highest BCUT2D eigenvalue weighted by atomic mass is 16.4. The third kappa shape index (κ3) is 1.42. The lowest BCUT2D eigenvalue weighted by Gasteiger charge is -1.97. The van der Waals surface area contributed by atoms with Crippen LogP contribution >= 0.6 is 0 Å². The molecule has 2 nitrogen and oxygen atoms in total. The molecule has 74 valence electrons. The third-order valence-corrected chi connectivity index (χ3v) is 2.38. The van der Waals surface area contributed by atoms with E-state index in [-0.39, 0.29) is 0 Å². The van der Waals surface area contributed by atoms with Crippen LogP contribution in [0.2, 0.25) is 0 Å². The molecule has 0 aliphatic carbocycles. The van der Waals surface area contributed by atoms with E-state index in [2.05, 4.69) is 19.1 Å². The first-order valence-corrected chi connectivity index (χ1v) is 4.76. The molecular formula is C12H14O2. The van der Waals surface area contributed by atoms with E-state index in [1.807, 2.05) is 13.0 Å². The minimum Gasteiger partial charge on any atom is -0.458 e. The lowest BCUT2D eigenvalue weighted by atomic mass is 10.1. The Labute approximate surface area is 83.2 Å². The zero-order valence-corrected chi connectivity index (χ0v) is 8.66. The lowest BCUT2D eigenvalue weighted by Crippen LogP contribution is -1.85. The Kier molecular flexibility index (Phi) is 2.08. The molecule has 0 saturated heterocycles. The van der Waals surface area contributed by atoms with Crippen molar-refractivity contribution >= 4 is 11.0 Å². The van der Waals surface area contributed by atoms with Crippen LogP contribution in [-0.2, 0) is 0 Å². The second-order valence-corrected chi connectivity index (χ2v) is 3.82. The van der Waals surface area contributed by atoms with Gasteiger partial charge in [0, 0.05) is 5.39 Å². The van der Waals surface area contributed by atoms with E-state index in [0.29, 0.717) is 5.76 Å². The first-order valence-electron chi connectivity index (χ1n) is 4.76. The predicted molar refractivity (Wildman–Crippen MR) is 56.3 cm³/mol. The van der Waals surface area contributed by atoms with Gasteiger partial charge in [-0.25, -0.2) is 0 Å². The number of hydrogen-bond acceptors (Lipinski definition) is 2. The highest BCUT2D eigenvalue weighted by molar-refractivity contribution is 5.81. The number of benzene rings is 1. The fourth-order valence-electron chi connectivity index (χ4n) is 1.74. The summed E-state index contributed by atoms with van der Waals surface area (Å²) in [7, 11) is 0. The Bertz CT molecular complexity index is 466. The van der Waals surface area contributed by atoms with Crippen LogP contribution in [0.3, 0.4) is 0 Å². The van der Waals surface area contributed by atoms with Crippen LogP contribution in [0.4, 0.5) is 0 Å². The SMILES string of the molecule is Cc1cc(C)c2oc(C(C)O)cc2c1. The molecule has 1 heterocycles. The average molecular weight is 190 g/mol. The second-order valence-electron chi connectivity index (χ2n) is 3.82. The summed E-state index contributed by atoms with van der Waals surface area (Å²) in [4.78, 5) is 0. The van der Waals surface area contributed by atoms with Gasteiger partial charge in [0.25, 0.3) is 0 Å². The molecule has 1 aromatic carbocycles. The van der Waals surface area contributed by atoms with Gasteiger partial charge in [-0.2, -0.15) is 0 Å². The molecule has 1 N–H and O–H groups in total. The van der Waals surface area contributed by atoms with Gasteiger partial charge in [0.15, 0.2) is 0 Å². The fraction of sp³-hybridized carbons (Fsp3) is 0.333. The molecular weight excluding hydrogens is 176 g/mol. The molecule has 2 rings (SSSR count). The molecule has 0 aliphatic rings. The number of aryl methyl sites for hydroxylation is 2. The zero-order valence-electron chi connectivity index (χ0n) is 8.66. The first-order chi connectivity index (χ1) is 6.58. The van der Waals surface area contributed by atoms with Gasteiger partial charge in [-0.1, -0.05) is 11.6 Å². The van der Waals surface area contributed by atoms with Crippen LogP contribution in [0, 0.1) is 13.8 Å². The number of furan rings is 1. The minimum atomic E-state index is -0.540. The van der Waals surface area contributed by atoms with Gasteiger partial charge in [-0.3, -0.25) is 0 Å². The molecule has 2 aromatic rings. The molecule has 2 heteroatoms. The van der Waals surface area contributed by atoms with Crippen molar-refractivity contribution in [1.82, 2.24) is 0 Å². The summed E-state index contributed by atoms with van der Waals surface area (Å²) in [5.74, 6) is 0.633. The average Bonchev–Trinajstić information content (AvgIpc) is 2.47. The molecule has 0 spiro atoms. The summed E-state index contributed by atoms with van der Waals surface area (Å²) < 4.78 is 5.57. The molecule has 1 aromatic heterocycles. The maximum absolute atomic E-state index is 9.39. The fourth-order valence-corrected chi connectivity index (χ4v) is 1.74. The maximum atomic E-state index is 9.39. The van der Waals surface area contributed by atoms with Crippen LogP contribution in [-0.4, -0.2) is 5.11 Å². The summed E-state index contributed by atoms with van der Waals surface area (Å²) in [6.07, 6.45) is -0.540. The Morgan fingerprint density at radius 3 is 2.57 bits per heavy atom. The molecule has 0 aliphatic heterocycles. The van der Waals surface area contributed by atoms with Gasteiger partial charge in [0.2, 0.25) is 0 Å². The summed E-state index contributed by atoms with van der Waals surface area (Å²) >= 11 is 0. The van der Waals surface area contributed by atoms with Gasteiger partial charge in [0.05, 0.1) is 0 Å². The van der Waals surface area contributed by atoms with Crippen LogP contribution < -0.4 is 0 Å². The van der Waals surface area contributed by atoms with Gasteiger partial charge in [-0.05, 0) is 38.5 Å². The third-order valence-electron chi connectivity index (χ3n) is 2.38. The van der Waals surface area contributed by atoms with Crippen LogP contribution in [0.25, 0.3) is 11.0 Å². The van der Waals surface area contributed by atoms with Crippen molar-refractivity contribution in [2.75, 3.05) is 0 Å². The molecule has 0 amide bonds. The molecule has 1 atom stereocenters. The summed E-state index contributed by atoms with van der Waals surface area (Å²) in [6.45, 7) is 5.78. The van der Waals surface area contributed by atoms with Crippen molar-refractivity contribution in [1.29, 1.82) is 0 Å². The Morgan fingerprint density at radius 1 is 1.21 bits per heavy atom. The molecule has 0 fully saturated rings. The standard InChI is InChI=1S/C12H14O2/c1-7-4-8(2)12-10(5-7)6-11(14-12)9(3)13/h4-6,9,13H,1-3H3. The van der Waals surface area contributed by atoms with E-state index in [1.54, 1.807) is 6.92 Å². The van der Waals surface area contributed by atoms with E-state index >= 15 is 0 Å². The van der Waals surface area contributed by atoms with E-state index in [1.165, 1.54) is 5.56 Å². The molecule has 0 bridgehead atoms. The lowest BCUT2D eigenvalue weighted by molar-refractivity contribution is 0.172. The van der Waals surface area contributed by atoms with E-state index < -0.39 is 6.10 Å². The Morgan fingerprint density at radius 2 is 1.93 bits per heavy atom. The second kappa shape index (κ2) is 3.14. The number of fused-ring (bicyclic) bond motifs is 1. The summed E-state index contributed by atoms with van der Waals surface area (Å²) in [6, 6.07) is 6.05. The number of rotatable bonds is 1. The summed E-state index contributed by atoms with van der Waals surface area (Å²) in [5, 5.41) is 10.5. The van der Waals surface area contributed by atoms with Crippen LogP contribution in [0.1, 0.15) is 29.9 Å². The quantitative estimate of drug-likeness (QED) is 0.749. The highest BCUT2D eigenvalue weighted by Gasteiger charge is 2.10. The van der Waals surface area contributed by atoms with E-state index in [9.17, 15) is 5.11 Å². The molecule has 0 saturated carbocycles. The predicted octanol–water partition coefficient (Wildman–Crippen LogP) is 3.10. The largest absolute Gasteiger partial charge is 0.458 e. The van der Waals surface area contributed by atoms with Crippen molar-refractivity contribution in [2.24, 2.45) is 0 Å². The highest BCUT2D eigenvalue weighted by Crippen LogP contribution is 2.27. The minimum absolute atomic E-state index is 0.540. The Balaban J connectivity index is 2.70. The van der Waals surface area contributed by atoms with Crippen molar-refractivity contribution in [2.45, 2.75) is 26.9 Å². The summed E-state index contributed by atoms with van der Waals surface area (Å²) in [5.41, 5.74) is 3.21. The smallest absolute Gasteiger partial charge is 0.137 e. The molecule has 1 unspecified atom stereocenters. The monoisotopic (exact) mass is 190 g/mol. The van der Waals surface area contributed by atoms with Crippen molar-refractivity contribution in [3.05, 3.63) is 35.1 Å². The number of hydrogen-bond donors (Lipinski definition) is 1. The van der Waals surface area contributed by atoms with E-state index in [4.69, 9.17) is 4.42 Å². The van der Waals surface area contributed by atoms with Crippen molar-refractivity contribution < 1.29 is 9.52 Å². The van der Waals surface area contributed by atoms with Gasteiger partial charge < -0.3 is 9.52 Å². The normalized spacial score (nSPS) is 13.4. The van der Waals surface area contributed by atoms with Gasteiger partial charge >= 0.3 is 0 Å². The zero-order chi connectivity index (χ0) is 10.3. The van der Waals surface area contributed by atoms with Crippen LogP contribution in [0.5, 0.6) is 0 Å². The Hall–Kier alpha value is -1.28. The van der Waals surface area contributed by atoms with Crippen molar-refractivity contribution in [3.8, 4) is 0 Å².